The fourth-order valence-corrected chi connectivity index (χ4v) is 11.8. The Morgan fingerprint density at radius 3 is 1.33 bits per heavy atom. The first-order chi connectivity index (χ1) is 21.6. The van der Waals surface area contributed by atoms with Crippen molar-refractivity contribution in [2.45, 2.75) is 35.7 Å². The third kappa shape index (κ3) is 6.58. The number of rotatable bonds is 12. The number of benzene rings is 4. The van der Waals surface area contributed by atoms with Crippen LogP contribution in [0.5, 0.6) is 23.0 Å². The van der Waals surface area contributed by atoms with Crippen LogP contribution in [0.15, 0.2) is 94.7 Å². The first-order valence-electron chi connectivity index (χ1n) is 14.3. The van der Waals surface area contributed by atoms with E-state index < -0.39 is 28.3 Å². The molecule has 0 aliphatic carbocycles. The minimum atomic E-state index is -4.06. The van der Waals surface area contributed by atoms with E-state index >= 15 is 0 Å². The average Bonchev–Trinajstić information content (AvgIpc) is 3.69. The molecule has 0 radical (unpaired) electrons. The lowest BCUT2D eigenvalue weighted by Crippen LogP contribution is -2.59. The fourth-order valence-electron chi connectivity index (χ4n) is 5.45. The largest absolute Gasteiger partial charge is 0.454 e. The Labute approximate surface area is 263 Å². The molecule has 0 bridgehead atoms. The highest BCUT2D eigenvalue weighted by molar-refractivity contribution is 7.87. The molecule has 13 heteroatoms. The summed E-state index contributed by atoms with van der Waals surface area (Å²) >= 11 is 0. The second-order valence-electron chi connectivity index (χ2n) is 10.9. The van der Waals surface area contributed by atoms with Crippen molar-refractivity contribution >= 4 is 38.7 Å². The SMILES string of the molecule is Cc1ccc(S(=O)(=O)OCC[Si](CCOS(=O)(=O)c2ccc(C)cc2)(c2ccc3c(c2)OCO3)c2ccc3c(c2)OCO3)cc1. The minimum absolute atomic E-state index is 0.0547. The van der Waals surface area contributed by atoms with Crippen LogP contribution < -0.4 is 29.3 Å². The number of hydrogen-bond donors (Lipinski definition) is 0. The summed E-state index contributed by atoms with van der Waals surface area (Å²) in [5.74, 6) is 2.27. The van der Waals surface area contributed by atoms with Crippen molar-refractivity contribution in [3.05, 3.63) is 96.1 Å². The van der Waals surface area contributed by atoms with Gasteiger partial charge in [-0.05, 0) is 84.8 Å². The van der Waals surface area contributed by atoms with Gasteiger partial charge in [-0.1, -0.05) is 47.5 Å². The standard InChI is InChI=1S/C32H32O10S2Si/c1-23-3-7-25(8-4-23)43(33,34)41-15-17-45(27-11-13-29-31(19-27)39-21-37-29,28-12-14-30-32(20-28)40-22-38-30)18-16-42-44(35,36)26-9-5-24(2)6-10-26/h3-14,19-20H,15-18,21-22H2,1-2H3. The van der Waals surface area contributed by atoms with Crippen LogP contribution in [-0.2, 0) is 28.6 Å². The van der Waals surface area contributed by atoms with Crippen molar-refractivity contribution in [2.75, 3.05) is 26.8 Å². The van der Waals surface area contributed by atoms with Gasteiger partial charge in [-0.15, -0.1) is 0 Å². The number of hydrogen-bond acceptors (Lipinski definition) is 10. The monoisotopic (exact) mass is 668 g/mol. The molecule has 0 amide bonds. The van der Waals surface area contributed by atoms with Crippen LogP contribution in [0.25, 0.3) is 0 Å². The van der Waals surface area contributed by atoms with Gasteiger partial charge in [-0.3, -0.25) is 8.37 Å². The highest BCUT2D eigenvalue weighted by atomic mass is 32.2. The van der Waals surface area contributed by atoms with Crippen LogP contribution in [0.1, 0.15) is 11.1 Å². The summed E-state index contributed by atoms with van der Waals surface area (Å²) in [4.78, 5) is 0.109. The van der Waals surface area contributed by atoms with E-state index in [1.165, 1.54) is 24.3 Å². The van der Waals surface area contributed by atoms with E-state index in [2.05, 4.69) is 0 Å². The van der Waals surface area contributed by atoms with Crippen molar-refractivity contribution in [1.82, 2.24) is 0 Å². The zero-order valence-corrected chi connectivity index (χ0v) is 27.4. The molecule has 6 rings (SSSR count). The second kappa shape index (κ2) is 12.5. The molecule has 2 heterocycles. The average molecular weight is 669 g/mol. The summed E-state index contributed by atoms with van der Waals surface area (Å²) in [6.45, 7) is 3.58. The Balaban J connectivity index is 1.37. The zero-order valence-electron chi connectivity index (χ0n) is 24.7. The van der Waals surface area contributed by atoms with E-state index in [0.29, 0.717) is 23.0 Å². The number of ether oxygens (including phenoxy) is 4. The van der Waals surface area contributed by atoms with E-state index in [-0.39, 0.29) is 48.7 Å². The number of aryl methyl sites for hydroxylation is 2. The van der Waals surface area contributed by atoms with Crippen molar-refractivity contribution in [3.63, 3.8) is 0 Å². The van der Waals surface area contributed by atoms with Gasteiger partial charge in [0.15, 0.2) is 23.0 Å². The molecule has 45 heavy (non-hydrogen) atoms. The smallest absolute Gasteiger partial charge is 0.296 e. The van der Waals surface area contributed by atoms with E-state index in [1.54, 1.807) is 36.4 Å². The molecule has 0 N–H and O–H groups in total. The van der Waals surface area contributed by atoms with Gasteiger partial charge in [0.2, 0.25) is 13.6 Å². The van der Waals surface area contributed by atoms with E-state index in [9.17, 15) is 16.8 Å². The molecule has 0 saturated carbocycles. The topological polar surface area (TPSA) is 124 Å². The molecule has 236 valence electrons. The first-order valence-corrected chi connectivity index (χ1v) is 19.5. The Hall–Kier alpha value is -3.88. The molecule has 2 aliphatic heterocycles. The third-order valence-corrected chi connectivity index (χ3v) is 15.6. The van der Waals surface area contributed by atoms with Crippen LogP contribution in [0.4, 0.5) is 0 Å². The van der Waals surface area contributed by atoms with Crippen molar-refractivity contribution < 1.29 is 44.1 Å². The summed E-state index contributed by atoms with van der Waals surface area (Å²) in [6, 6.07) is 24.6. The fraction of sp³-hybridized carbons (Fsp3) is 0.250. The predicted octanol–water partition coefficient (Wildman–Crippen LogP) is 4.13. The predicted molar refractivity (Wildman–Crippen MR) is 168 cm³/mol. The maximum absolute atomic E-state index is 13.2. The van der Waals surface area contributed by atoms with Crippen LogP contribution >= 0.6 is 0 Å². The van der Waals surface area contributed by atoms with Gasteiger partial charge in [0, 0.05) is 0 Å². The molecular weight excluding hydrogens is 637 g/mol. The minimum Gasteiger partial charge on any atom is -0.454 e. The van der Waals surface area contributed by atoms with E-state index in [0.717, 1.165) is 21.5 Å². The maximum atomic E-state index is 13.2. The maximum Gasteiger partial charge on any atom is 0.296 e. The quantitative estimate of drug-likeness (QED) is 0.161. The van der Waals surface area contributed by atoms with Crippen LogP contribution in [0.3, 0.4) is 0 Å². The Bertz CT molecular complexity index is 1770. The Kier molecular flexibility index (Phi) is 8.63. The summed E-state index contributed by atoms with van der Waals surface area (Å²) in [6.07, 6.45) is 0. The number of fused-ring (bicyclic) bond motifs is 2. The van der Waals surface area contributed by atoms with Crippen LogP contribution in [-0.4, -0.2) is 51.7 Å². The summed E-state index contributed by atoms with van der Waals surface area (Å²) in [7, 11) is -11.2. The highest BCUT2D eigenvalue weighted by Crippen LogP contribution is 2.35. The lowest BCUT2D eigenvalue weighted by molar-refractivity contribution is 0.173. The van der Waals surface area contributed by atoms with E-state index in [4.69, 9.17) is 27.3 Å². The van der Waals surface area contributed by atoms with Gasteiger partial charge in [0.1, 0.15) is 8.07 Å². The molecule has 10 nitrogen and oxygen atoms in total. The Morgan fingerprint density at radius 2 is 0.933 bits per heavy atom. The van der Waals surface area contributed by atoms with Gasteiger partial charge < -0.3 is 18.9 Å². The van der Waals surface area contributed by atoms with Gasteiger partial charge in [-0.2, -0.15) is 16.8 Å². The van der Waals surface area contributed by atoms with Gasteiger partial charge in [0.05, 0.1) is 23.0 Å². The molecule has 0 fully saturated rings. The normalized spacial score (nSPS) is 14.1. The van der Waals surface area contributed by atoms with Crippen LogP contribution in [0.2, 0.25) is 12.1 Å². The molecule has 0 aromatic heterocycles. The van der Waals surface area contributed by atoms with Crippen LogP contribution in [0, 0.1) is 13.8 Å². The van der Waals surface area contributed by atoms with Gasteiger partial charge in [0.25, 0.3) is 20.2 Å². The molecular formula is C32H32O10S2Si. The second-order valence-corrected chi connectivity index (χ2v) is 18.4. The zero-order chi connectivity index (χ0) is 31.7. The van der Waals surface area contributed by atoms with Gasteiger partial charge in [-0.25, -0.2) is 0 Å². The first kappa shape index (κ1) is 31.1. The van der Waals surface area contributed by atoms with E-state index in [1.807, 2.05) is 38.1 Å². The summed E-state index contributed by atoms with van der Waals surface area (Å²) in [5, 5.41) is 1.72. The lowest BCUT2D eigenvalue weighted by Gasteiger charge is -2.33. The van der Waals surface area contributed by atoms with Crippen molar-refractivity contribution in [2.24, 2.45) is 0 Å². The lowest BCUT2D eigenvalue weighted by atomic mass is 10.2. The summed E-state index contributed by atoms with van der Waals surface area (Å²) in [5.41, 5.74) is 1.85. The molecule has 4 aromatic carbocycles. The van der Waals surface area contributed by atoms with Crippen molar-refractivity contribution in [3.8, 4) is 23.0 Å². The Morgan fingerprint density at radius 1 is 0.556 bits per heavy atom. The van der Waals surface area contributed by atoms with Crippen molar-refractivity contribution in [1.29, 1.82) is 0 Å². The molecule has 0 saturated heterocycles. The highest BCUT2D eigenvalue weighted by Gasteiger charge is 2.40. The molecule has 4 aromatic rings. The molecule has 0 atom stereocenters. The third-order valence-electron chi connectivity index (χ3n) is 8.00. The molecule has 0 spiro atoms. The summed E-state index contributed by atoms with van der Waals surface area (Å²) < 4.78 is 86.3. The molecule has 0 unspecified atom stereocenters. The van der Waals surface area contributed by atoms with Gasteiger partial charge >= 0.3 is 0 Å². The molecule has 2 aliphatic rings.